The molecule has 4 N–H and O–H groups in total. The van der Waals surface area contributed by atoms with Crippen molar-refractivity contribution in [3.8, 4) is 0 Å². The lowest BCUT2D eigenvalue weighted by Crippen LogP contribution is -2.22. The van der Waals surface area contributed by atoms with Crippen molar-refractivity contribution in [1.29, 1.82) is 0 Å². The van der Waals surface area contributed by atoms with Gasteiger partial charge in [-0.3, -0.25) is 4.79 Å². The summed E-state index contributed by atoms with van der Waals surface area (Å²) in [6.45, 7) is 2.43. The molecule has 0 aliphatic carbocycles. The Kier molecular flexibility index (Phi) is 22.4. The van der Waals surface area contributed by atoms with Gasteiger partial charge in [-0.05, 0) is 44.2 Å². The highest BCUT2D eigenvalue weighted by Crippen LogP contribution is 2.10. The van der Waals surface area contributed by atoms with Gasteiger partial charge in [-0.25, -0.2) is 0 Å². The number of benzene rings is 1. The quantitative estimate of drug-likeness (QED) is 0.142. The fraction of sp³-hybridized carbons (Fsp3) is 0.667. The molecule has 184 valence electrons. The lowest BCUT2D eigenvalue weighted by atomic mass is 10.1. The summed E-state index contributed by atoms with van der Waals surface area (Å²) in [7, 11) is 0. The predicted molar refractivity (Wildman–Crippen MR) is 135 cm³/mol. The van der Waals surface area contributed by atoms with E-state index < -0.39 is 12.1 Å². The summed E-state index contributed by atoms with van der Waals surface area (Å²) >= 11 is 0. The van der Waals surface area contributed by atoms with Gasteiger partial charge in [0.25, 0.3) is 0 Å². The molecule has 32 heavy (non-hydrogen) atoms. The van der Waals surface area contributed by atoms with E-state index in [4.69, 9.17) is 15.3 Å². The Balaban J connectivity index is 0.000000677. The molecule has 5 nitrogen and oxygen atoms in total. The molecular weight excluding hydrogens is 402 g/mol. The predicted octanol–water partition coefficient (Wildman–Crippen LogP) is 6.56. The number of carboxylic acid groups (broad SMARTS) is 1. The zero-order valence-corrected chi connectivity index (χ0v) is 20.2. The third kappa shape index (κ3) is 22.8. The minimum atomic E-state index is -0.690. The third-order valence-corrected chi connectivity index (χ3v) is 5.18. The Bertz CT molecular complexity index is 548. The van der Waals surface area contributed by atoms with Crippen LogP contribution in [0.5, 0.6) is 0 Å². The van der Waals surface area contributed by atoms with Gasteiger partial charge in [0.15, 0.2) is 0 Å². The summed E-state index contributed by atoms with van der Waals surface area (Å²) in [5, 5.41) is 29.0. The number of hydrogen-bond donors (Lipinski definition) is 4. The van der Waals surface area contributed by atoms with Gasteiger partial charge in [0, 0.05) is 18.7 Å². The molecule has 1 unspecified atom stereocenters. The van der Waals surface area contributed by atoms with Gasteiger partial charge in [0.2, 0.25) is 0 Å². The maximum absolute atomic E-state index is 10.3. The maximum Gasteiger partial charge on any atom is 0.303 e. The zero-order valence-electron chi connectivity index (χ0n) is 20.2. The van der Waals surface area contributed by atoms with Crippen LogP contribution in [0.1, 0.15) is 96.8 Å². The van der Waals surface area contributed by atoms with Crippen LogP contribution in [-0.2, 0) is 4.79 Å². The van der Waals surface area contributed by atoms with E-state index in [0.717, 1.165) is 18.5 Å². The largest absolute Gasteiger partial charge is 0.481 e. The van der Waals surface area contributed by atoms with Gasteiger partial charge in [-0.2, -0.15) is 0 Å². The molecule has 0 radical (unpaired) electrons. The monoisotopic (exact) mass is 449 g/mol. The zero-order chi connectivity index (χ0) is 23.7. The molecule has 0 saturated carbocycles. The van der Waals surface area contributed by atoms with E-state index in [1.54, 1.807) is 0 Å². The summed E-state index contributed by atoms with van der Waals surface area (Å²) in [4.78, 5) is 10.3. The standard InChI is InChI=1S/C18H34O2.C9H13NO2/c1-2-3-4-5-6-7-8-9-10-11-12-13-14-15-16-17-18(19)20;11-7-9(12)6-10-8-4-2-1-3-5-8/h9-10H,2-8,11-17H2,1H3,(H,19,20);1-5,9-12H,6-7H2/b10-9-;. The van der Waals surface area contributed by atoms with E-state index in [1.807, 2.05) is 30.3 Å². The Morgan fingerprint density at radius 2 is 1.41 bits per heavy atom. The smallest absolute Gasteiger partial charge is 0.303 e. The molecule has 0 fully saturated rings. The van der Waals surface area contributed by atoms with Gasteiger partial charge >= 0.3 is 5.97 Å². The van der Waals surface area contributed by atoms with Crippen LogP contribution in [0.2, 0.25) is 0 Å². The van der Waals surface area contributed by atoms with E-state index >= 15 is 0 Å². The highest BCUT2D eigenvalue weighted by atomic mass is 16.4. The molecule has 0 aliphatic heterocycles. The van der Waals surface area contributed by atoms with Crippen molar-refractivity contribution in [3.63, 3.8) is 0 Å². The molecule has 1 rings (SSSR count). The molecule has 0 bridgehead atoms. The van der Waals surface area contributed by atoms with Crippen LogP contribution in [0.4, 0.5) is 5.69 Å². The fourth-order valence-corrected chi connectivity index (χ4v) is 3.20. The summed E-state index contributed by atoms with van der Waals surface area (Å²) in [5.74, 6) is -0.664. The van der Waals surface area contributed by atoms with Crippen molar-refractivity contribution in [2.45, 2.75) is 103 Å². The number of unbranched alkanes of at least 4 members (excludes halogenated alkanes) is 11. The minimum Gasteiger partial charge on any atom is -0.481 e. The lowest BCUT2D eigenvalue weighted by molar-refractivity contribution is -0.137. The van der Waals surface area contributed by atoms with Gasteiger partial charge in [-0.15, -0.1) is 0 Å². The molecule has 1 atom stereocenters. The molecule has 1 aromatic rings. The number of carbonyl (C=O) groups is 1. The van der Waals surface area contributed by atoms with Crippen LogP contribution in [0.3, 0.4) is 0 Å². The second-order valence-corrected chi connectivity index (χ2v) is 8.31. The Morgan fingerprint density at radius 1 is 0.875 bits per heavy atom. The van der Waals surface area contributed by atoms with E-state index in [1.165, 1.54) is 70.6 Å². The summed E-state index contributed by atoms with van der Waals surface area (Å²) in [5.41, 5.74) is 0.949. The van der Waals surface area contributed by atoms with Crippen molar-refractivity contribution in [3.05, 3.63) is 42.5 Å². The Hall–Kier alpha value is -1.85. The molecule has 0 spiro atoms. The van der Waals surface area contributed by atoms with E-state index in [0.29, 0.717) is 13.0 Å². The highest BCUT2D eigenvalue weighted by Gasteiger charge is 1.99. The molecule has 0 amide bonds. The summed E-state index contributed by atoms with van der Waals surface area (Å²) in [6, 6.07) is 9.56. The number of nitrogens with one attached hydrogen (secondary N) is 1. The molecule has 0 heterocycles. The van der Waals surface area contributed by atoms with Crippen LogP contribution in [0.25, 0.3) is 0 Å². The number of hydrogen-bond acceptors (Lipinski definition) is 4. The van der Waals surface area contributed by atoms with E-state index in [-0.39, 0.29) is 6.61 Å². The second-order valence-electron chi connectivity index (χ2n) is 8.31. The van der Waals surface area contributed by atoms with Crippen molar-refractivity contribution in [1.82, 2.24) is 0 Å². The van der Waals surface area contributed by atoms with Crippen molar-refractivity contribution in [2.24, 2.45) is 0 Å². The van der Waals surface area contributed by atoms with Gasteiger partial charge < -0.3 is 20.6 Å². The van der Waals surface area contributed by atoms with Crippen LogP contribution >= 0.6 is 0 Å². The Morgan fingerprint density at radius 3 is 1.94 bits per heavy atom. The van der Waals surface area contributed by atoms with E-state index in [9.17, 15) is 4.79 Å². The first kappa shape index (κ1) is 30.1. The van der Waals surface area contributed by atoms with Gasteiger partial charge in [0.1, 0.15) is 0 Å². The lowest BCUT2D eigenvalue weighted by Gasteiger charge is -2.09. The van der Waals surface area contributed by atoms with Crippen LogP contribution < -0.4 is 5.32 Å². The molecule has 0 aromatic heterocycles. The van der Waals surface area contributed by atoms with Gasteiger partial charge in [0.05, 0.1) is 12.7 Å². The molecule has 0 saturated heterocycles. The van der Waals surface area contributed by atoms with Crippen LogP contribution in [0, 0.1) is 0 Å². The first-order valence-electron chi connectivity index (χ1n) is 12.5. The first-order chi connectivity index (χ1) is 15.6. The Labute approximate surface area is 196 Å². The topological polar surface area (TPSA) is 89.8 Å². The van der Waals surface area contributed by atoms with Crippen molar-refractivity contribution >= 4 is 11.7 Å². The average molecular weight is 450 g/mol. The fourth-order valence-electron chi connectivity index (χ4n) is 3.20. The third-order valence-electron chi connectivity index (χ3n) is 5.18. The molecule has 1 aromatic carbocycles. The highest BCUT2D eigenvalue weighted by molar-refractivity contribution is 5.66. The van der Waals surface area contributed by atoms with Crippen molar-refractivity contribution < 1.29 is 20.1 Å². The number of allylic oxidation sites excluding steroid dienone is 2. The number of anilines is 1. The molecular formula is C27H47NO4. The van der Waals surface area contributed by atoms with Crippen LogP contribution in [0.15, 0.2) is 42.5 Å². The summed E-state index contributed by atoms with van der Waals surface area (Å²) < 4.78 is 0. The number of aliphatic carboxylic acids is 1. The maximum atomic E-state index is 10.3. The van der Waals surface area contributed by atoms with Crippen LogP contribution in [-0.4, -0.2) is 40.5 Å². The number of carboxylic acids is 1. The number of aliphatic hydroxyl groups is 2. The van der Waals surface area contributed by atoms with E-state index in [2.05, 4.69) is 24.4 Å². The molecule has 0 aliphatic rings. The SMILES string of the molecule is CCCCCCCC/C=C\CCCCCCCC(=O)O.OCC(O)CNc1ccccc1. The minimum absolute atomic E-state index is 0.208. The number of para-hydroxylation sites is 1. The number of rotatable bonds is 19. The van der Waals surface area contributed by atoms with Gasteiger partial charge in [-0.1, -0.05) is 88.6 Å². The summed E-state index contributed by atoms with van der Waals surface area (Å²) in [6.07, 6.45) is 20.6. The average Bonchev–Trinajstić information content (AvgIpc) is 2.81. The molecule has 5 heteroatoms. The number of aliphatic hydroxyl groups excluding tert-OH is 2. The van der Waals surface area contributed by atoms with Crippen molar-refractivity contribution in [2.75, 3.05) is 18.5 Å². The second kappa shape index (κ2) is 23.8. The normalized spacial score (nSPS) is 11.7. The first-order valence-corrected chi connectivity index (χ1v) is 12.5.